The molecule has 4 heteroatoms. The van der Waals surface area contributed by atoms with Gasteiger partial charge >= 0.3 is 0 Å². The number of aryl methyl sites for hydroxylation is 1. The number of para-hydroxylation sites is 1. The number of amides is 1. The van der Waals surface area contributed by atoms with Crippen LogP contribution in [0.3, 0.4) is 0 Å². The zero-order chi connectivity index (χ0) is 14.8. The van der Waals surface area contributed by atoms with Gasteiger partial charge in [0.2, 0.25) is 0 Å². The van der Waals surface area contributed by atoms with Crippen LogP contribution in [0.1, 0.15) is 16.1 Å². The first kappa shape index (κ1) is 13.6. The molecule has 0 saturated carbocycles. The Kier molecular flexibility index (Phi) is 3.62. The number of anilines is 1. The van der Waals surface area contributed by atoms with Gasteiger partial charge in [0.15, 0.2) is 0 Å². The molecule has 1 aromatic heterocycles. The van der Waals surface area contributed by atoms with Crippen molar-refractivity contribution in [3.05, 3.63) is 65.9 Å². The van der Waals surface area contributed by atoms with E-state index in [0.29, 0.717) is 5.56 Å². The van der Waals surface area contributed by atoms with Crippen LogP contribution in [0.4, 0.5) is 5.69 Å². The van der Waals surface area contributed by atoms with Crippen LogP contribution >= 0.6 is 12.6 Å². The second-order valence-electron chi connectivity index (χ2n) is 4.83. The molecule has 104 valence electrons. The van der Waals surface area contributed by atoms with Crippen molar-refractivity contribution in [2.24, 2.45) is 0 Å². The van der Waals surface area contributed by atoms with E-state index >= 15 is 0 Å². The highest BCUT2D eigenvalue weighted by molar-refractivity contribution is 7.80. The predicted octanol–water partition coefficient (Wildman–Crippen LogP) is 4.08. The molecule has 21 heavy (non-hydrogen) atoms. The van der Waals surface area contributed by atoms with Crippen molar-refractivity contribution in [1.29, 1.82) is 0 Å². The minimum Gasteiger partial charge on any atom is -0.320 e. The molecule has 0 aliphatic carbocycles. The van der Waals surface area contributed by atoms with Gasteiger partial charge in [0, 0.05) is 21.5 Å². The molecule has 0 unspecified atom stereocenters. The van der Waals surface area contributed by atoms with E-state index in [1.54, 1.807) is 24.3 Å². The van der Waals surface area contributed by atoms with Gasteiger partial charge in [-0.25, -0.2) is 0 Å². The van der Waals surface area contributed by atoms with Gasteiger partial charge < -0.3 is 5.32 Å². The maximum Gasteiger partial charge on any atom is 0.255 e. The third kappa shape index (κ3) is 2.90. The fraction of sp³-hybridized carbons (Fsp3) is 0.0588. The lowest BCUT2D eigenvalue weighted by Crippen LogP contribution is -2.12. The first-order valence-electron chi connectivity index (χ1n) is 6.60. The summed E-state index contributed by atoms with van der Waals surface area (Å²) in [6, 6.07) is 16.8. The van der Waals surface area contributed by atoms with Gasteiger partial charge in [-0.2, -0.15) is 0 Å². The lowest BCUT2D eigenvalue weighted by Gasteiger charge is -2.09. The average molecular weight is 294 g/mol. The number of benzene rings is 2. The van der Waals surface area contributed by atoms with Crippen LogP contribution in [0.5, 0.6) is 0 Å². The van der Waals surface area contributed by atoms with Crippen LogP contribution in [0.15, 0.2) is 59.5 Å². The van der Waals surface area contributed by atoms with E-state index in [-0.39, 0.29) is 5.91 Å². The Morgan fingerprint density at radius 1 is 1.05 bits per heavy atom. The number of hydrogen-bond acceptors (Lipinski definition) is 3. The van der Waals surface area contributed by atoms with Crippen LogP contribution in [0, 0.1) is 6.92 Å². The Bertz CT molecular complexity index is 813. The van der Waals surface area contributed by atoms with Crippen molar-refractivity contribution in [2.75, 3.05) is 5.32 Å². The maximum atomic E-state index is 12.3. The Morgan fingerprint density at radius 3 is 2.57 bits per heavy atom. The molecule has 3 nitrogen and oxygen atoms in total. The van der Waals surface area contributed by atoms with Crippen molar-refractivity contribution in [3.8, 4) is 0 Å². The van der Waals surface area contributed by atoms with Crippen molar-refractivity contribution < 1.29 is 4.79 Å². The van der Waals surface area contributed by atoms with Crippen LogP contribution in [-0.2, 0) is 0 Å². The largest absolute Gasteiger partial charge is 0.320 e. The summed E-state index contributed by atoms with van der Waals surface area (Å²) in [6.45, 7) is 1.93. The first-order valence-corrected chi connectivity index (χ1v) is 7.05. The summed E-state index contributed by atoms with van der Waals surface area (Å²) in [5, 5.41) is 3.93. The van der Waals surface area contributed by atoms with Crippen LogP contribution < -0.4 is 5.32 Å². The topological polar surface area (TPSA) is 42.0 Å². The van der Waals surface area contributed by atoms with Crippen molar-refractivity contribution in [3.63, 3.8) is 0 Å². The van der Waals surface area contributed by atoms with E-state index in [2.05, 4.69) is 22.9 Å². The van der Waals surface area contributed by atoms with E-state index in [1.807, 2.05) is 37.3 Å². The van der Waals surface area contributed by atoms with Crippen molar-refractivity contribution >= 4 is 35.1 Å². The quantitative estimate of drug-likeness (QED) is 0.699. The monoisotopic (exact) mass is 294 g/mol. The molecular weight excluding hydrogens is 280 g/mol. The van der Waals surface area contributed by atoms with E-state index in [1.165, 1.54) is 0 Å². The summed E-state index contributed by atoms with van der Waals surface area (Å²) in [5.41, 5.74) is 3.04. The van der Waals surface area contributed by atoms with E-state index in [9.17, 15) is 4.79 Å². The van der Waals surface area contributed by atoms with E-state index in [0.717, 1.165) is 27.2 Å². The molecule has 0 fully saturated rings. The van der Waals surface area contributed by atoms with Gasteiger partial charge in [-0.3, -0.25) is 9.78 Å². The smallest absolute Gasteiger partial charge is 0.255 e. The molecule has 1 N–H and O–H groups in total. The maximum absolute atomic E-state index is 12.3. The zero-order valence-electron chi connectivity index (χ0n) is 11.5. The van der Waals surface area contributed by atoms with Gasteiger partial charge in [-0.15, -0.1) is 12.6 Å². The van der Waals surface area contributed by atoms with Gasteiger partial charge in [-0.1, -0.05) is 18.2 Å². The molecular formula is C17H14N2OS. The summed E-state index contributed by atoms with van der Waals surface area (Å²) >= 11 is 4.22. The summed E-state index contributed by atoms with van der Waals surface area (Å²) < 4.78 is 0. The number of hydrogen-bond donors (Lipinski definition) is 2. The predicted molar refractivity (Wildman–Crippen MR) is 88.1 cm³/mol. The number of aromatic nitrogens is 1. The number of carbonyl (C=O) groups is 1. The number of pyridine rings is 1. The summed E-state index contributed by atoms with van der Waals surface area (Å²) in [6.07, 6.45) is 0. The molecule has 1 amide bonds. The molecule has 0 radical (unpaired) electrons. The number of carbonyl (C=O) groups excluding carboxylic acids is 1. The minimum atomic E-state index is -0.154. The highest BCUT2D eigenvalue weighted by Gasteiger charge is 2.09. The molecule has 0 atom stereocenters. The number of fused-ring (bicyclic) bond motifs is 1. The summed E-state index contributed by atoms with van der Waals surface area (Å²) in [4.78, 5) is 17.6. The molecule has 0 aliphatic heterocycles. The van der Waals surface area contributed by atoms with Crippen molar-refractivity contribution in [1.82, 2.24) is 4.98 Å². The molecule has 0 saturated heterocycles. The number of nitrogens with zero attached hydrogens (tertiary/aromatic N) is 1. The second-order valence-corrected chi connectivity index (χ2v) is 5.35. The van der Waals surface area contributed by atoms with Gasteiger partial charge in [-0.05, 0) is 43.3 Å². The van der Waals surface area contributed by atoms with Gasteiger partial charge in [0.1, 0.15) is 0 Å². The first-order chi connectivity index (χ1) is 10.1. The Labute approximate surface area is 128 Å². The third-order valence-electron chi connectivity index (χ3n) is 3.24. The summed E-state index contributed by atoms with van der Waals surface area (Å²) in [7, 11) is 0. The molecule has 0 spiro atoms. The fourth-order valence-corrected chi connectivity index (χ4v) is 2.30. The molecule has 0 aliphatic rings. The molecule has 3 rings (SSSR count). The molecule has 2 aromatic carbocycles. The van der Waals surface area contributed by atoms with Crippen LogP contribution in [0.25, 0.3) is 10.9 Å². The van der Waals surface area contributed by atoms with E-state index in [4.69, 9.17) is 0 Å². The highest BCUT2D eigenvalue weighted by Crippen LogP contribution is 2.22. The molecule has 0 bridgehead atoms. The lowest BCUT2D eigenvalue weighted by atomic mass is 10.1. The van der Waals surface area contributed by atoms with Gasteiger partial charge in [0.05, 0.1) is 11.2 Å². The molecule has 3 aromatic rings. The summed E-state index contributed by atoms with van der Waals surface area (Å²) in [5.74, 6) is -0.154. The Morgan fingerprint density at radius 2 is 1.81 bits per heavy atom. The number of thiol groups is 1. The highest BCUT2D eigenvalue weighted by atomic mass is 32.1. The molecule has 1 heterocycles. The number of nitrogens with one attached hydrogen (secondary N) is 1. The lowest BCUT2D eigenvalue weighted by molar-refractivity contribution is 0.102. The second kappa shape index (κ2) is 5.58. The normalized spacial score (nSPS) is 10.6. The SMILES string of the molecule is Cc1ccc2cccc(NC(=O)c3ccc(S)cc3)c2n1. The average Bonchev–Trinajstić information content (AvgIpc) is 2.48. The van der Waals surface area contributed by atoms with Crippen LogP contribution in [-0.4, -0.2) is 10.9 Å². The van der Waals surface area contributed by atoms with E-state index < -0.39 is 0 Å². The Hall–Kier alpha value is -2.33. The zero-order valence-corrected chi connectivity index (χ0v) is 12.4. The standard InChI is InChI=1S/C17H14N2OS/c1-11-5-6-12-3-2-4-15(16(12)18-11)19-17(20)13-7-9-14(21)10-8-13/h2-10,21H,1H3,(H,19,20). The van der Waals surface area contributed by atoms with Crippen molar-refractivity contribution in [2.45, 2.75) is 11.8 Å². The Balaban J connectivity index is 1.96. The minimum absolute atomic E-state index is 0.154. The fourth-order valence-electron chi connectivity index (χ4n) is 2.15. The number of rotatable bonds is 2. The van der Waals surface area contributed by atoms with Crippen LogP contribution in [0.2, 0.25) is 0 Å². The third-order valence-corrected chi connectivity index (χ3v) is 3.54. The van der Waals surface area contributed by atoms with Gasteiger partial charge in [0.25, 0.3) is 5.91 Å².